The fourth-order valence-electron chi connectivity index (χ4n) is 10.5. The van der Waals surface area contributed by atoms with Gasteiger partial charge in [0.1, 0.15) is 0 Å². The molecule has 3 N–H and O–H groups in total. The first-order chi connectivity index (χ1) is 17.3. The van der Waals surface area contributed by atoms with E-state index < -0.39 is 16.2 Å². The lowest BCUT2D eigenvalue weighted by Crippen LogP contribution is -2.58. The normalized spacial score (nSPS) is 46.7. The van der Waals surface area contributed by atoms with Gasteiger partial charge in [0, 0.05) is 19.0 Å². The summed E-state index contributed by atoms with van der Waals surface area (Å²) in [5.41, 5.74) is 0.415. The number of hydrogen-bond donors (Lipinski definition) is 3. The Kier molecular flexibility index (Phi) is 7.56. The van der Waals surface area contributed by atoms with E-state index in [0.717, 1.165) is 57.8 Å². The Morgan fingerprint density at radius 1 is 1.00 bits per heavy atom. The van der Waals surface area contributed by atoms with Crippen LogP contribution in [0.2, 0.25) is 0 Å². The summed E-state index contributed by atoms with van der Waals surface area (Å²) in [6.07, 6.45) is 10.5. The summed E-state index contributed by atoms with van der Waals surface area (Å²) in [7, 11) is -4.10. The van der Waals surface area contributed by atoms with E-state index in [4.69, 9.17) is 0 Å². The van der Waals surface area contributed by atoms with Crippen molar-refractivity contribution in [3.63, 3.8) is 0 Å². The molecule has 37 heavy (non-hydrogen) atoms. The van der Waals surface area contributed by atoms with E-state index in [1.165, 1.54) is 6.42 Å². The highest BCUT2D eigenvalue weighted by Gasteiger charge is 2.62. The van der Waals surface area contributed by atoms with Crippen molar-refractivity contribution >= 4 is 16.0 Å². The molecular formula is C29H49NO6S. The molecule has 212 valence electrons. The fourth-order valence-corrected chi connectivity index (χ4v) is 11.3. The number of carbonyl (C=O) groups is 1. The Morgan fingerprint density at radius 2 is 1.70 bits per heavy atom. The van der Waals surface area contributed by atoms with Crippen molar-refractivity contribution in [2.75, 3.05) is 12.3 Å². The first-order valence-electron chi connectivity index (χ1n) is 14.9. The van der Waals surface area contributed by atoms with E-state index in [9.17, 15) is 28.0 Å². The minimum Gasteiger partial charge on any atom is -0.393 e. The molecule has 1 heterocycles. The highest BCUT2D eigenvalue weighted by molar-refractivity contribution is 7.85. The summed E-state index contributed by atoms with van der Waals surface area (Å²) < 4.78 is 32.1. The van der Waals surface area contributed by atoms with Gasteiger partial charge in [-0.05, 0) is 117 Å². The van der Waals surface area contributed by atoms with E-state index >= 15 is 0 Å². The number of amides is 1. The van der Waals surface area contributed by atoms with Gasteiger partial charge < -0.3 is 15.1 Å². The zero-order valence-electron chi connectivity index (χ0n) is 23.0. The molecule has 5 rings (SSSR count). The Hall–Kier alpha value is -0.700. The smallest absolute Gasteiger partial charge is 0.266 e. The van der Waals surface area contributed by atoms with Gasteiger partial charge >= 0.3 is 0 Å². The van der Waals surface area contributed by atoms with Gasteiger partial charge in [0.25, 0.3) is 10.1 Å². The third-order valence-corrected chi connectivity index (χ3v) is 13.1. The maximum absolute atomic E-state index is 13.0. The van der Waals surface area contributed by atoms with E-state index in [2.05, 4.69) is 20.8 Å². The molecule has 0 spiro atoms. The molecule has 1 aliphatic heterocycles. The molecule has 7 nitrogen and oxygen atoms in total. The molecule has 5 fully saturated rings. The largest absolute Gasteiger partial charge is 0.393 e. The van der Waals surface area contributed by atoms with Crippen molar-refractivity contribution in [3.8, 4) is 0 Å². The number of aliphatic hydroxyl groups excluding tert-OH is 2. The van der Waals surface area contributed by atoms with Crippen LogP contribution in [-0.2, 0) is 14.9 Å². The van der Waals surface area contributed by atoms with Crippen LogP contribution in [0.4, 0.5) is 0 Å². The first-order valence-corrected chi connectivity index (χ1v) is 16.5. The number of carbonyl (C=O) groups excluding carboxylic acids is 1. The molecule has 11 atom stereocenters. The molecule has 0 aromatic heterocycles. The number of hydrogen-bond acceptors (Lipinski definition) is 5. The molecule has 0 aromatic carbocycles. The van der Waals surface area contributed by atoms with Gasteiger partial charge in [-0.1, -0.05) is 20.8 Å². The topological polar surface area (TPSA) is 115 Å². The molecule has 1 saturated heterocycles. The van der Waals surface area contributed by atoms with Gasteiger partial charge in [-0.2, -0.15) is 8.42 Å². The third kappa shape index (κ3) is 5.02. The lowest BCUT2D eigenvalue weighted by atomic mass is 9.43. The fraction of sp³-hybridized carbons (Fsp3) is 0.966. The zero-order chi connectivity index (χ0) is 26.8. The van der Waals surface area contributed by atoms with Gasteiger partial charge in [0.2, 0.25) is 5.91 Å². The first kappa shape index (κ1) is 27.9. The SMILES string of the molecule is C[C@H](CCC(=O)N1CCCC1CS(=O)(=O)O)[C@H]1CC[C@H]2[C@@H]3[C@@H](O)C[C@@H]4C[C@H](O)CC[C@]4(C)[C@H]3CC[C@]12C. The van der Waals surface area contributed by atoms with Gasteiger partial charge in [-0.25, -0.2) is 0 Å². The van der Waals surface area contributed by atoms with Crippen LogP contribution in [0.3, 0.4) is 0 Å². The Morgan fingerprint density at radius 3 is 2.43 bits per heavy atom. The van der Waals surface area contributed by atoms with Crippen LogP contribution in [0.25, 0.3) is 0 Å². The molecule has 5 aliphatic rings. The third-order valence-electron chi connectivity index (χ3n) is 12.3. The maximum Gasteiger partial charge on any atom is 0.266 e. The number of rotatable bonds is 6. The van der Waals surface area contributed by atoms with Gasteiger partial charge in [0.05, 0.1) is 18.0 Å². The second-order valence-electron chi connectivity index (χ2n) is 14.1. The summed E-state index contributed by atoms with van der Waals surface area (Å²) >= 11 is 0. The van der Waals surface area contributed by atoms with E-state index in [0.29, 0.717) is 54.9 Å². The summed E-state index contributed by atoms with van der Waals surface area (Å²) in [6, 6.07) is -0.402. The Balaban J connectivity index is 1.24. The van der Waals surface area contributed by atoms with Crippen LogP contribution in [0, 0.1) is 46.3 Å². The van der Waals surface area contributed by atoms with Gasteiger partial charge in [0.15, 0.2) is 0 Å². The molecule has 1 unspecified atom stereocenters. The molecule has 8 heteroatoms. The molecule has 4 aliphatic carbocycles. The molecule has 4 saturated carbocycles. The van der Waals surface area contributed by atoms with E-state index in [1.54, 1.807) is 4.90 Å². The highest BCUT2D eigenvalue weighted by Crippen LogP contribution is 2.68. The van der Waals surface area contributed by atoms with Gasteiger partial charge in [-0.15, -0.1) is 0 Å². The van der Waals surface area contributed by atoms with E-state index in [-0.39, 0.29) is 34.7 Å². The average Bonchev–Trinajstić information content (AvgIpc) is 3.41. The predicted molar refractivity (Wildman–Crippen MR) is 142 cm³/mol. The van der Waals surface area contributed by atoms with Crippen LogP contribution in [0.5, 0.6) is 0 Å². The standard InChI is InChI=1S/C29H49NO6S/c1-18(6-9-26(33)30-14-4-5-20(30)17-37(34,35)36)22-7-8-23-27-24(11-13-29(22,23)3)28(2)12-10-21(31)15-19(28)16-25(27)32/h18-25,27,31-32H,4-17H2,1-3H3,(H,34,35,36)/t18-,19+,20?,21-,22-,23+,24+,25+,27+,28+,29-/m1/s1. The van der Waals surface area contributed by atoms with Crippen molar-refractivity contribution in [1.82, 2.24) is 4.90 Å². The predicted octanol–water partition coefficient (Wildman–Crippen LogP) is 4.27. The van der Waals surface area contributed by atoms with Crippen molar-refractivity contribution < 1.29 is 28.0 Å². The monoisotopic (exact) mass is 539 g/mol. The van der Waals surface area contributed by atoms with Crippen molar-refractivity contribution in [3.05, 3.63) is 0 Å². The number of fused-ring (bicyclic) bond motifs is 5. The molecule has 0 bridgehead atoms. The highest BCUT2D eigenvalue weighted by atomic mass is 32.2. The second kappa shape index (κ2) is 10.0. The van der Waals surface area contributed by atoms with Gasteiger partial charge in [-0.3, -0.25) is 9.35 Å². The lowest BCUT2D eigenvalue weighted by Gasteiger charge is -2.62. The summed E-state index contributed by atoms with van der Waals surface area (Å²) in [6.45, 7) is 7.77. The second-order valence-corrected chi connectivity index (χ2v) is 15.6. The minimum absolute atomic E-state index is 0.0163. The lowest BCUT2D eigenvalue weighted by molar-refractivity contribution is -0.174. The summed E-state index contributed by atoms with van der Waals surface area (Å²) in [4.78, 5) is 14.7. The van der Waals surface area contributed by atoms with Crippen LogP contribution in [0.1, 0.15) is 97.8 Å². The minimum atomic E-state index is -4.10. The van der Waals surface area contributed by atoms with Crippen LogP contribution >= 0.6 is 0 Å². The Labute approximate surface area is 223 Å². The maximum atomic E-state index is 13.0. The van der Waals surface area contributed by atoms with Crippen LogP contribution in [-0.4, -0.2) is 64.5 Å². The number of likely N-dealkylation sites (tertiary alicyclic amines) is 1. The van der Waals surface area contributed by atoms with Crippen LogP contribution < -0.4 is 0 Å². The van der Waals surface area contributed by atoms with Crippen LogP contribution in [0.15, 0.2) is 0 Å². The Bertz CT molecular complexity index is 971. The summed E-state index contributed by atoms with van der Waals surface area (Å²) in [5, 5.41) is 21.7. The average molecular weight is 540 g/mol. The molecular weight excluding hydrogens is 490 g/mol. The molecule has 0 radical (unpaired) electrons. The van der Waals surface area contributed by atoms with Crippen molar-refractivity contribution in [2.24, 2.45) is 46.3 Å². The molecule has 0 aromatic rings. The zero-order valence-corrected chi connectivity index (χ0v) is 23.8. The van der Waals surface area contributed by atoms with E-state index in [1.807, 2.05) is 0 Å². The molecule has 1 amide bonds. The quantitative estimate of drug-likeness (QED) is 0.434. The number of nitrogens with zero attached hydrogens (tertiary/aromatic N) is 1. The number of aliphatic hydroxyl groups is 2. The summed E-state index contributed by atoms with van der Waals surface area (Å²) in [5.74, 6) is 2.41. The van der Waals surface area contributed by atoms with Crippen molar-refractivity contribution in [1.29, 1.82) is 0 Å². The van der Waals surface area contributed by atoms with Crippen molar-refractivity contribution in [2.45, 2.75) is 116 Å².